The lowest BCUT2D eigenvalue weighted by Crippen LogP contribution is -2.20. The van der Waals surface area contributed by atoms with E-state index in [4.69, 9.17) is 0 Å². The summed E-state index contributed by atoms with van der Waals surface area (Å²) < 4.78 is 1.98. The average Bonchev–Trinajstić information content (AvgIpc) is 3.36. The van der Waals surface area contributed by atoms with Crippen molar-refractivity contribution in [3.8, 4) is 0 Å². The lowest BCUT2D eigenvalue weighted by molar-refractivity contribution is 0.332. The number of amidine groups is 1. The molecule has 0 saturated carbocycles. The van der Waals surface area contributed by atoms with Crippen LogP contribution < -0.4 is 5.32 Å². The summed E-state index contributed by atoms with van der Waals surface area (Å²) in [6.45, 7) is 4.48. The largest absolute Gasteiger partial charge is 0.343 e. The van der Waals surface area contributed by atoms with E-state index in [1.165, 1.54) is 11.1 Å². The average molecular weight is 359 g/mol. The predicted octanol–water partition coefficient (Wildman–Crippen LogP) is 5.00. The molecule has 1 aromatic heterocycles. The van der Waals surface area contributed by atoms with Gasteiger partial charge in [0.1, 0.15) is 18.5 Å². The number of aromatic nitrogens is 3. The number of fused-ring (bicyclic) bond motifs is 1. The number of hydrogen-bond acceptors (Lipinski definition) is 4. The Morgan fingerprint density at radius 2 is 1.81 bits per heavy atom. The summed E-state index contributed by atoms with van der Waals surface area (Å²) >= 11 is 0. The molecule has 138 valence electrons. The maximum absolute atomic E-state index is 4.68. The number of benzene rings is 2. The van der Waals surface area contributed by atoms with Gasteiger partial charge in [-0.3, -0.25) is 0 Å². The number of aliphatic imine (C=N–C) groups is 1. The summed E-state index contributed by atoms with van der Waals surface area (Å²) in [7, 11) is 0. The Balaban J connectivity index is 1.53. The van der Waals surface area contributed by atoms with Crippen LogP contribution in [0.3, 0.4) is 0 Å². The monoisotopic (exact) mass is 359 g/mol. The number of rotatable bonds is 6. The van der Waals surface area contributed by atoms with Crippen LogP contribution in [0.1, 0.15) is 43.9 Å². The van der Waals surface area contributed by atoms with Crippen LogP contribution in [0.25, 0.3) is 0 Å². The standard InChI is InChI=1S/C22H25N5/c1-3-16(4-2)22(27-15-23-14-24-27)17-9-11-19(12-10-17)25-21-13-18-7-5-6-8-20(18)26-21/h5-12,14-16,22H,3-4,13H2,1-2H3,(H,25,26)/t22-/m1/s1. The minimum Gasteiger partial charge on any atom is -0.343 e. The zero-order chi connectivity index (χ0) is 18.6. The molecule has 2 heterocycles. The zero-order valence-corrected chi connectivity index (χ0v) is 15.8. The molecule has 0 saturated heterocycles. The Morgan fingerprint density at radius 1 is 1.04 bits per heavy atom. The van der Waals surface area contributed by atoms with Crippen LogP contribution in [-0.2, 0) is 6.42 Å². The predicted molar refractivity (Wildman–Crippen MR) is 110 cm³/mol. The molecular weight excluding hydrogens is 334 g/mol. The fraction of sp³-hybridized carbons (Fsp3) is 0.318. The molecule has 2 aromatic carbocycles. The second kappa shape index (κ2) is 7.74. The van der Waals surface area contributed by atoms with Gasteiger partial charge in [0, 0.05) is 12.1 Å². The molecule has 4 rings (SSSR count). The highest BCUT2D eigenvalue weighted by molar-refractivity contribution is 6.01. The van der Waals surface area contributed by atoms with E-state index in [2.05, 4.69) is 76.7 Å². The lowest BCUT2D eigenvalue weighted by atomic mass is 9.89. The second-order valence-corrected chi connectivity index (χ2v) is 7.01. The third kappa shape index (κ3) is 3.63. The number of hydrogen-bond donors (Lipinski definition) is 1. The molecule has 1 aliphatic rings. The van der Waals surface area contributed by atoms with Crippen molar-refractivity contribution >= 4 is 17.2 Å². The van der Waals surface area contributed by atoms with Crippen LogP contribution in [0, 0.1) is 5.92 Å². The Labute approximate surface area is 160 Å². The van der Waals surface area contributed by atoms with E-state index < -0.39 is 0 Å². The molecule has 1 atom stereocenters. The molecule has 0 amide bonds. The Kier molecular flexibility index (Phi) is 5.01. The van der Waals surface area contributed by atoms with Gasteiger partial charge in [-0.25, -0.2) is 14.7 Å². The highest BCUT2D eigenvalue weighted by atomic mass is 15.3. The normalized spacial score (nSPS) is 14.1. The van der Waals surface area contributed by atoms with Crippen molar-refractivity contribution < 1.29 is 0 Å². The number of nitrogens with one attached hydrogen (secondary N) is 1. The summed E-state index contributed by atoms with van der Waals surface area (Å²) in [6.07, 6.45) is 6.50. The van der Waals surface area contributed by atoms with Crippen molar-refractivity contribution in [1.82, 2.24) is 14.8 Å². The first kappa shape index (κ1) is 17.5. The zero-order valence-electron chi connectivity index (χ0n) is 15.8. The van der Waals surface area contributed by atoms with Gasteiger partial charge in [-0.15, -0.1) is 0 Å². The van der Waals surface area contributed by atoms with Crippen LogP contribution >= 0.6 is 0 Å². The van der Waals surface area contributed by atoms with Gasteiger partial charge >= 0.3 is 0 Å². The third-order valence-electron chi connectivity index (χ3n) is 5.36. The van der Waals surface area contributed by atoms with E-state index in [0.29, 0.717) is 5.92 Å². The van der Waals surface area contributed by atoms with Crippen molar-refractivity contribution in [1.29, 1.82) is 0 Å². The van der Waals surface area contributed by atoms with Crippen molar-refractivity contribution in [2.45, 2.75) is 39.2 Å². The highest BCUT2D eigenvalue weighted by Gasteiger charge is 2.23. The molecule has 0 bridgehead atoms. The minimum atomic E-state index is 0.213. The smallest absolute Gasteiger partial charge is 0.137 e. The minimum absolute atomic E-state index is 0.213. The van der Waals surface area contributed by atoms with Gasteiger partial charge in [-0.05, 0) is 35.2 Å². The topological polar surface area (TPSA) is 55.1 Å². The lowest BCUT2D eigenvalue weighted by Gasteiger charge is -2.26. The Hall–Kier alpha value is -2.95. The quantitative estimate of drug-likeness (QED) is 0.674. The first-order chi connectivity index (χ1) is 13.3. The second-order valence-electron chi connectivity index (χ2n) is 7.01. The Morgan fingerprint density at radius 3 is 2.48 bits per heavy atom. The van der Waals surface area contributed by atoms with E-state index in [1.807, 2.05) is 17.1 Å². The summed E-state index contributed by atoms with van der Waals surface area (Å²) in [5.74, 6) is 1.52. The maximum Gasteiger partial charge on any atom is 0.137 e. The van der Waals surface area contributed by atoms with Gasteiger partial charge in [0.05, 0.1) is 11.7 Å². The number of anilines is 1. The van der Waals surface area contributed by atoms with E-state index in [-0.39, 0.29) is 6.04 Å². The van der Waals surface area contributed by atoms with Crippen molar-refractivity contribution in [3.05, 3.63) is 72.3 Å². The molecule has 1 N–H and O–H groups in total. The van der Waals surface area contributed by atoms with Crippen LogP contribution in [0.5, 0.6) is 0 Å². The maximum atomic E-state index is 4.68. The molecule has 0 fully saturated rings. The van der Waals surface area contributed by atoms with Crippen LogP contribution in [0.15, 0.2) is 66.2 Å². The van der Waals surface area contributed by atoms with Crippen LogP contribution in [-0.4, -0.2) is 20.6 Å². The number of nitrogens with zero attached hydrogens (tertiary/aromatic N) is 4. The van der Waals surface area contributed by atoms with Crippen LogP contribution in [0.2, 0.25) is 0 Å². The molecule has 0 aliphatic carbocycles. The highest BCUT2D eigenvalue weighted by Crippen LogP contribution is 2.32. The SMILES string of the molecule is CCC(CC)[C@H](c1ccc(NC2=Nc3ccccc3C2)cc1)n1cncn1. The van der Waals surface area contributed by atoms with Gasteiger partial charge in [0.15, 0.2) is 0 Å². The summed E-state index contributed by atoms with van der Waals surface area (Å²) in [5.41, 5.74) is 4.66. The van der Waals surface area contributed by atoms with Crippen LogP contribution in [0.4, 0.5) is 11.4 Å². The summed E-state index contributed by atoms with van der Waals surface area (Å²) in [4.78, 5) is 8.83. The van der Waals surface area contributed by atoms with Gasteiger partial charge < -0.3 is 5.32 Å². The summed E-state index contributed by atoms with van der Waals surface area (Å²) in [5, 5.41) is 7.87. The van der Waals surface area contributed by atoms with E-state index in [9.17, 15) is 0 Å². The Bertz CT molecular complexity index is 908. The van der Waals surface area contributed by atoms with Gasteiger partial charge in [0.25, 0.3) is 0 Å². The van der Waals surface area contributed by atoms with Crippen molar-refractivity contribution in [2.24, 2.45) is 10.9 Å². The molecular formula is C22H25N5. The van der Waals surface area contributed by atoms with E-state index in [0.717, 1.165) is 36.5 Å². The molecule has 3 aromatic rings. The number of para-hydroxylation sites is 1. The van der Waals surface area contributed by atoms with E-state index in [1.54, 1.807) is 6.33 Å². The van der Waals surface area contributed by atoms with Gasteiger partial charge in [-0.2, -0.15) is 5.10 Å². The summed E-state index contributed by atoms with van der Waals surface area (Å²) in [6, 6.07) is 17.1. The van der Waals surface area contributed by atoms with Gasteiger partial charge in [0.2, 0.25) is 0 Å². The fourth-order valence-corrected chi connectivity index (χ4v) is 3.87. The molecule has 0 radical (unpaired) electrons. The first-order valence-corrected chi connectivity index (χ1v) is 9.65. The third-order valence-corrected chi connectivity index (χ3v) is 5.36. The molecule has 1 aliphatic heterocycles. The first-order valence-electron chi connectivity index (χ1n) is 9.65. The molecule has 0 unspecified atom stereocenters. The fourth-order valence-electron chi connectivity index (χ4n) is 3.87. The van der Waals surface area contributed by atoms with Crippen molar-refractivity contribution in [2.75, 3.05) is 5.32 Å². The molecule has 27 heavy (non-hydrogen) atoms. The van der Waals surface area contributed by atoms with Crippen molar-refractivity contribution in [3.63, 3.8) is 0 Å². The molecule has 0 spiro atoms. The molecule has 5 heteroatoms. The van der Waals surface area contributed by atoms with Gasteiger partial charge in [-0.1, -0.05) is 57.0 Å². The van der Waals surface area contributed by atoms with E-state index >= 15 is 0 Å². The molecule has 5 nitrogen and oxygen atoms in total.